The fourth-order valence-electron chi connectivity index (χ4n) is 2.22. The average Bonchev–Trinajstić information content (AvgIpc) is 3.27. The summed E-state index contributed by atoms with van der Waals surface area (Å²) in [6.07, 6.45) is 0.949. The molecular formula is C18H21NO5S. The van der Waals surface area contributed by atoms with Crippen molar-refractivity contribution in [2.75, 3.05) is 6.54 Å². The predicted octanol–water partition coefficient (Wildman–Crippen LogP) is 2.81. The van der Waals surface area contributed by atoms with Crippen molar-refractivity contribution in [3.63, 3.8) is 0 Å². The number of aryl methyl sites for hydroxylation is 1. The van der Waals surface area contributed by atoms with Gasteiger partial charge in [-0.1, -0.05) is 0 Å². The van der Waals surface area contributed by atoms with Gasteiger partial charge in [0.2, 0.25) is 5.91 Å². The molecule has 2 aromatic rings. The van der Waals surface area contributed by atoms with Gasteiger partial charge in [0.15, 0.2) is 5.78 Å². The number of Topliss-reactive ketones (excluding diaryl/α,β-unsaturated/α-hetero) is 2. The van der Waals surface area contributed by atoms with Crippen molar-refractivity contribution in [1.82, 2.24) is 5.32 Å². The van der Waals surface area contributed by atoms with Crippen molar-refractivity contribution in [1.29, 1.82) is 0 Å². The van der Waals surface area contributed by atoms with E-state index in [0.717, 1.165) is 4.88 Å². The summed E-state index contributed by atoms with van der Waals surface area (Å²) in [4.78, 5) is 37.2. The van der Waals surface area contributed by atoms with Crippen LogP contribution in [-0.2, 0) is 9.59 Å². The van der Waals surface area contributed by atoms with Crippen LogP contribution in [0.1, 0.15) is 52.1 Å². The van der Waals surface area contributed by atoms with E-state index in [2.05, 4.69) is 5.32 Å². The van der Waals surface area contributed by atoms with Gasteiger partial charge in [0.25, 0.3) is 0 Å². The standard InChI is InChI=1S/C18H21NO5S/c1-12-4-8-17(25-12)14(21)7-5-13(20)6-9-18(23)19-11-15(22)16-3-2-10-24-16/h2-4,8,10,15,22H,5-7,9,11H2,1H3,(H,19,23). The summed E-state index contributed by atoms with van der Waals surface area (Å²) in [5.41, 5.74) is 0. The maximum absolute atomic E-state index is 11.9. The van der Waals surface area contributed by atoms with Gasteiger partial charge in [-0.3, -0.25) is 14.4 Å². The van der Waals surface area contributed by atoms with Gasteiger partial charge in [0.05, 0.1) is 17.7 Å². The second kappa shape index (κ2) is 9.29. The van der Waals surface area contributed by atoms with Gasteiger partial charge in [0, 0.05) is 30.6 Å². The number of aliphatic hydroxyl groups is 1. The van der Waals surface area contributed by atoms with Gasteiger partial charge in [-0.25, -0.2) is 0 Å². The van der Waals surface area contributed by atoms with E-state index < -0.39 is 6.10 Å². The third kappa shape index (κ3) is 6.28. The lowest BCUT2D eigenvalue weighted by atomic mass is 10.1. The molecule has 0 fully saturated rings. The van der Waals surface area contributed by atoms with Gasteiger partial charge in [-0.05, 0) is 31.2 Å². The SMILES string of the molecule is Cc1ccc(C(=O)CCC(=O)CCC(=O)NCC(O)c2ccco2)s1. The van der Waals surface area contributed by atoms with E-state index in [-0.39, 0.29) is 49.7 Å². The Hall–Kier alpha value is -2.25. The topological polar surface area (TPSA) is 96.6 Å². The van der Waals surface area contributed by atoms with Crippen molar-refractivity contribution in [3.8, 4) is 0 Å². The molecular weight excluding hydrogens is 342 g/mol. The Labute approximate surface area is 149 Å². The van der Waals surface area contributed by atoms with Crippen molar-refractivity contribution in [3.05, 3.63) is 46.0 Å². The number of furan rings is 1. The number of amides is 1. The Morgan fingerprint density at radius 1 is 1.16 bits per heavy atom. The molecule has 2 rings (SSSR count). The van der Waals surface area contributed by atoms with Crippen molar-refractivity contribution < 1.29 is 23.9 Å². The number of nitrogens with one attached hydrogen (secondary N) is 1. The summed E-state index contributed by atoms with van der Waals surface area (Å²) in [6, 6.07) is 6.91. The normalized spacial score (nSPS) is 11.9. The highest BCUT2D eigenvalue weighted by Gasteiger charge is 2.14. The van der Waals surface area contributed by atoms with E-state index in [1.165, 1.54) is 17.6 Å². The summed E-state index contributed by atoms with van der Waals surface area (Å²) in [5, 5.41) is 12.3. The maximum Gasteiger partial charge on any atom is 0.220 e. The zero-order valence-corrected chi connectivity index (χ0v) is 14.8. The van der Waals surface area contributed by atoms with Gasteiger partial charge in [-0.2, -0.15) is 0 Å². The molecule has 0 bridgehead atoms. The second-order valence-corrected chi connectivity index (χ2v) is 7.00. The maximum atomic E-state index is 11.9. The summed E-state index contributed by atoms with van der Waals surface area (Å²) < 4.78 is 5.03. The van der Waals surface area contributed by atoms with E-state index in [1.54, 1.807) is 18.2 Å². The number of rotatable bonds is 10. The smallest absolute Gasteiger partial charge is 0.220 e. The fourth-order valence-corrected chi connectivity index (χ4v) is 3.05. The molecule has 1 unspecified atom stereocenters. The van der Waals surface area contributed by atoms with Crippen LogP contribution in [-0.4, -0.2) is 29.1 Å². The van der Waals surface area contributed by atoms with E-state index in [4.69, 9.17) is 4.42 Å². The van der Waals surface area contributed by atoms with E-state index >= 15 is 0 Å². The largest absolute Gasteiger partial charge is 0.467 e. The molecule has 0 aliphatic carbocycles. The fraction of sp³-hybridized carbons (Fsp3) is 0.389. The monoisotopic (exact) mass is 363 g/mol. The first kappa shape index (κ1) is 19.1. The third-order valence-corrected chi connectivity index (χ3v) is 4.68. The summed E-state index contributed by atoms with van der Waals surface area (Å²) in [7, 11) is 0. The van der Waals surface area contributed by atoms with Gasteiger partial charge < -0.3 is 14.8 Å². The molecule has 2 aromatic heterocycles. The van der Waals surface area contributed by atoms with Crippen LogP contribution in [0.5, 0.6) is 0 Å². The minimum absolute atomic E-state index is 0.0246. The molecule has 0 spiro atoms. The van der Waals surface area contributed by atoms with Crippen LogP contribution < -0.4 is 5.32 Å². The quantitative estimate of drug-likeness (QED) is 0.633. The lowest BCUT2D eigenvalue weighted by Gasteiger charge is -2.09. The summed E-state index contributed by atoms with van der Waals surface area (Å²) in [6.45, 7) is 1.95. The van der Waals surface area contributed by atoms with Gasteiger partial charge >= 0.3 is 0 Å². The predicted molar refractivity (Wildman–Crippen MR) is 93.5 cm³/mol. The van der Waals surface area contributed by atoms with Crippen LogP contribution in [0, 0.1) is 6.92 Å². The minimum atomic E-state index is -0.915. The van der Waals surface area contributed by atoms with Crippen LogP contribution in [0.4, 0.5) is 0 Å². The Kier molecular flexibility index (Phi) is 7.09. The molecule has 2 heterocycles. The number of carbonyl (C=O) groups excluding carboxylic acids is 3. The van der Waals surface area contributed by atoms with Gasteiger partial charge in [0.1, 0.15) is 17.6 Å². The first-order valence-electron chi connectivity index (χ1n) is 8.05. The highest BCUT2D eigenvalue weighted by Crippen LogP contribution is 2.18. The summed E-state index contributed by atoms with van der Waals surface area (Å²) >= 11 is 1.42. The molecule has 0 radical (unpaired) electrons. The molecule has 0 aliphatic rings. The Bertz CT molecular complexity index is 720. The molecule has 2 N–H and O–H groups in total. The van der Waals surface area contributed by atoms with Crippen LogP contribution in [0.15, 0.2) is 34.9 Å². The Balaban J connectivity index is 1.62. The highest BCUT2D eigenvalue weighted by molar-refractivity contribution is 7.14. The molecule has 25 heavy (non-hydrogen) atoms. The van der Waals surface area contributed by atoms with Crippen molar-refractivity contribution >= 4 is 28.8 Å². The lowest BCUT2D eigenvalue weighted by molar-refractivity contribution is -0.125. The van der Waals surface area contributed by atoms with Crippen LogP contribution in [0.25, 0.3) is 0 Å². The van der Waals surface area contributed by atoms with Crippen LogP contribution in [0.3, 0.4) is 0 Å². The average molecular weight is 363 g/mol. The third-order valence-electron chi connectivity index (χ3n) is 3.64. The molecule has 7 heteroatoms. The number of aliphatic hydroxyl groups excluding tert-OH is 1. The molecule has 6 nitrogen and oxygen atoms in total. The molecule has 134 valence electrons. The molecule has 1 atom stereocenters. The van der Waals surface area contributed by atoms with Crippen LogP contribution in [0.2, 0.25) is 0 Å². The zero-order valence-electron chi connectivity index (χ0n) is 14.0. The van der Waals surface area contributed by atoms with Crippen molar-refractivity contribution in [2.24, 2.45) is 0 Å². The highest BCUT2D eigenvalue weighted by atomic mass is 32.1. The summed E-state index contributed by atoms with van der Waals surface area (Å²) in [5.74, 6) is -0.112. The number of ketones is 2. The molecule has 0 aromatic carbocycles. The van der Waals surface area contributed by atoms with E-state index in [9.17, 15) is 19.5 Å². The van der Waals surface area contributed by atoms with Crippen molar-refractivity contribution in [2.45, 2.75) is 38.7 Å². The number of hydrogen-bond acceptors (Lipinski definition) is 6. The van der Waals surface area contributed by atoms with E-state index in [1.807, 2.05) is 13.0 Å². The molecule has 0 saturated carbocycles. The first-order chi connectivity index (χ1) is 12.0. The molecule has 1 amide bonds. The van der Waals surface area contributed by atoms with E-state index in [0.29, 0.717) is 10.6 Å². The minimum Gasteiger partial charge on any atom is -0.467 e. The first-order valence-corrected chi connectivity index (χ1v) is 8.87. The number of carbonyl (C=O) groups is 3. The number of thiophene rings is 1. The van der Waals surface area contributed by atoms with Gasteiger partial charge in [-0.15, -0.1) is 11.3 Å². The molecule has 0 saturated heterocycles. The molecule has 0 aliphatic heterocycles. The Morgan fingerprint density at radius 2 is 1.92 bits per heavy atom. The van der Waals surface area contributed by atoms with Crippen LogP contribution >= 0.6 is 11.3 Å². The lowest BCUT2D eigenvalue weighted by Crippen LogP contribution is -2.28. The second-order valence-electron chi connectivity index (χ2n) is 5.71. The Morgan fingerprint density at radius 3 is 2.56 bits per heavy atom. The zero-order chi connectivity index (χ0) is 18.2. The number of hydrogen-bond donors (Lipinski definition) is 2.